The van der Waals surface area contributed by atoms with Gasteiger partial charge in [-0.3, -0.25) is 4.79 Å². The second-order valence-corrected chi connectivity index (χ2v) is 8.00. The minimum absolute atomic E-state index is 0.126. The van der Waals surface area contributed by atoms with Crippen molar-refractivity contribution >= 4 is 5.91 Å². The van der Waals surface area contributed by atoms with Crippen LogP contribution in [0.1, 0.15) is 63.7 Å². The van der Waals surface area contributed by atoms with Gasteiger partial charge in [0.2, 0.25) is 0 Å². The maximum absolute atomic E-state index is 12.8. The molecule has 31 heavy (non-hydrogen) atoms. The van der Waals surface area contributed by atoms with Gasteiger partial charge in [0, 0.05) is 17.7 Å². The molecule has 0 saturated heterocycles. The monoisotopic (exact) mass is 417 g/mol. The first-order valence-electron chi connectivity index (χ1n) is 10.7. The second kappa shape index (κ2) is 9.69. The van der Waals surface area contributed by atoms with Crippen molar-refractivity contribution in [2.24, 2.45) is 0 Å². The fourth-order valence-electron chi connectivity index (χ4n) is 4.03. The van der Waals surface area contributed by atoms with Crippen LogP contribution in [0.25, 0.3) is 0 Å². The fourth-order valence-corrected chi connectivity index (χ4v) is 4.03. The standard InChI is InChI=1S/C27H31NO3/c1-6-23-17(2)14-18(3)25(26(23)29)16-28-27(30)21-12-13-24(19(4)15-21)20(5)31-22-10-8-7-9-11-22/h7-15,20,29H,6,16H2,1-5H3,(H,28,30). The van der Waals surface area contributed by atoms with Gasteiger partial charge in [-0.05, 0) is 86.2 Å². The number of nitrogens with one attached hydrogen (secondary N) is 1. The van der Waals surface area contributed by atoms with Gasteiger partial charge in [0.1, 0.15) is 17.6 Å². The molecule has 0 aliphatic carbocycles. The molecule has 1 atom stereocenters. The molecule has 0 spiro atoms. The molecule has 2 N–H and O–H groups in total. The number of carbonyl (C=O) groups is 1. The Kier molecular flexibility index (Phi) is 7.01. The number of carbonyl (C=O) groups excluding carboxylic acids is 1. The summed E-state index contributed by atoms with van der Waals surface area (Å²) in [5.74, 6) is 0.943. The van der Waals surface area contributed by atoms with E-state index in [1.807, 2.05) is 83.1 Å². The Morgan fingerprint density at radius 1 is 0.968 bits per heavy atom. The van der Waals surface area contributed by atoms with E-state index in [1.165, 1.54) is 0 Å². The third kappa shape index (κ3) is 5.08. The van der Waals surface area contributed by atoms with Crippen LogP contribution in [0.2, 0.25) is 0 Å². The average molecular weight is 418 g/mol. The first-order valence-corrected chi connectivity index (χ1v) is 10.7. The van der Waals surface area contributed by atoms with Gasteiger partial charge < -0.3 is 15.2 Å². The summed E-state index contributed by atoms with van der Waals surface area (Å²) in [6.45, 7) is 10.3. The summed E-state index contributed by atoms with van der Waals surface area (Å²) in [5.41, 5.74) is 6.39. The average Bonchev–Trinajstić information content (AvgIpc) is 2.74. The number of phenols is 1. The minimum atomic E-state index is -0.163. The van der Waals surface area contributed by atoms with Gasteiger partial charge in [-0.25, -0.2) is 0 Å². The Labute approximate surface area is 184 Å². The van der Waals surface area contributed by atoms with Crippen LogP contribution in [-0.2, 0) is 13.0 Å². The van der Waals surface area contributed by atoms with Gasteiger partial charge in [-0.1, -0.05) is 37.3 Å². The van der Waals surface area contributed by atoms with Gasteiger partial charge in [0.25, 0.3) is 5.91 Å². The predicted molar refractivity (Wildman–Crippen MR) is 125 cm³/mol. The number of benzene rings is 3. The first-order chi connectivity index (χ1) is 14.8. The van der Waals surface area contributed by atoms with Crippen LogP contribution in [-0.4, -0.2) is 11.0 Å². The maximum Gasteiger partial charge on any atom is 0.251 e. The summed E-state index contributed by atoms with van der Waals surface area (Å²) in [5, 5.41) is 13.6. The summed E-state index contributed by atoms with van der Waals surface area (Å²) in [6, 6.07) is 17.4. The molecular weight excluding hydrogens is 386 g/mol. The Hall–Kier alpha value is -3.27. The van der Waals surface area contributed by atoms with Crippen LogP contribution in [0, 0.1) is 20.8 Å². The van der Waals surface area contributed by atoms with Crippen LogP contribution >= 0.6 is 0 Å². The number of para-hydroxylation sites is 1. The van der Waals surface area contributed by atoms with Crippen molar-refractivity contribution in [1.29, 1.82) is 0 Å². The third-order valence-corrected chi connectivity index (χ3v) is 5.76. The maximum atomic E-state index is 12.8. The van der Waals surface area contributed by atoms with E-state index < -0.39 is 0 Å². The van der Waals surface area contributed by atoms with Crippen molar-refractivity contribution in [1.82, 2.24) is 5.32 Å². The summed E-state index contributed by atoms with van der Waals surface area (Å²) in [4.78, 5) is 12.8. The SMILES string of the molecule is CCc1c(C)cc(C)c(CNC(=O)c2ccc(C(C)Oc3ccccc3)c(C)c2)c1O. The quantitative estimate of drug-likeness (QED) is 0.499. The number of hydrogen-bond donors (Lipinski definition) is 2. The van der Waals surface area contributed by atoms with Gasteiger partial charge in [-0.2, -0.15) is 0 Å². The lowest BCUT2D eigenvalue weighted by Crippen LogP contribution is -2.23. The molecule has 0 fully saturated rings. The highest BCUT2D eigenvalue weighted by Gasteiger charge is 2.16. The van der Waals surface area contributed by atoms with Crippen molar-refractivity contribution < 1.29 is 14.6 Å². The number of amides is 1. The highest BCUT2D eigenvalue weighted by Crippen LogP contribution is 2.30. The van der Waals surface area contributed by atoms with Gasteiger partial charge >= 0.3 is 0 Å². The van der Waals surface area contributed by atoms with Crippen LogP contribution in [0.15, 0.2) is 54.6 Å². The topological polar surface area (TPSA) is 58.6 Å². The molecule has 3 aromatic carbocycles. The van der Waals surface area contributed by atoms with Crippen LogP contribution in [0.4, 0.5) is 0 Å². The van der Waals surface area contributed by atoms with E-state index in [-0.39, 0.29) is 18.6 Å². The summed E-state index contributed by atoms with van der Waals surface area (Å²) in [7, 11) is 0. The van der Waals surface area contributed by atoms with E-state index in [4.69, 9.17) is 4.74 Å². The van der Waals surface area contributed by atoms with Gasteiger partial charge in [0.15, 0.2) is 0 Å². The molecular formula is C27H31NO3. The van der Waals surface area contributed by atoms with Crippen LogP contribution in [0.3, 0.4) is 0 Å². The molecule has 1 amide bonds. The lowest BCUT2D eigenvalue weighted by molar-refractivity contribution is 0.0950. The van der Waals surface area contributed by atoms with Crippen molar-refractivity contribution in [2.75, 3.05) is 0 Å². The molecule has 0 saturated carbocycles. The molecule has 162 valence electrons. The normalized spacial score (nSPS) is 11.8. The second-order valence-electron chi connectivity index (χ2n) is 8.00. The molecule has 3 rings (SSSR count). The Balaban J connectivity index is 1.71. The molecule has 0 aromatic heterocycles. The molecule has 4 nitrogen and oxygen atoms in total. The predicted octanol–water partition coefficient (Wildman–Crippen LogP) is 5.95. The highest BCUT2D eigenvalue weighted by atomic mass is 16.5. The Morgan fingerprint density at radius 3 is 2.29 bits per heavy atom. The number of aromatic hydroxyl groups is 1. The van der Waals surface area contributed by atoms with Crippen molar-refractivity contribution in [3.8, 4) is 11.5 Å². The largest absolute Gasteiger partial charge is 0.507 e. The first kappa shape index (κ1) is 22.4. The van der Waals surface area contributed by atoms with E-state index in [9.17, 15) is 9.90 Å². The molecule has 0 aliphatic heterocycles. The lowest BCUT2D eigenvalue weighted by Gasteiger charge is -2.18. The van der Waals surface area contributed by atoms with Crippen molar-refractivity contribution in [2.45, 2.75) is 53.7 Å². The molecule has 0 bridgehead atoms. The van der Waals surface area contributed by atoms with E-state index in [2.05, 4.69) is 11.4 Å². The number of hydrogen-bond acceptors (Lipinski definition) is 3. The van der Waals surface area contributed by atoms with E-state index in [0.29, 0.717) is 11.3 Å². The minimum Gasteiger partial charge on any atom is -0.507 e. The van der Waals surface area contributed by atoms with E-state index >= 15 is 0 Å². The van der Waals surface area contributed by atoms with E-state index in [1.54, 1.807) is 0 Å². The summed E-state index contributed by atoms with van der Waals surface area (Å²) >= 11 is 0. The van der Waals surface area contributed by atoms with Crippen molar-refractivity contribution in [3.05, 3.63) is 93.5 Å². The number of ether oxygens (including phenoxy) is 1. The van der Waals surface area contributed by atoms with E-state index in [0.717, 1.165) is 45.6 Å². The van der Waals surface area contributed by atoms with Gasteiger partial charge in [-0.15, -0.1) is 0 Å². The number of rotatable bonds is 7. The van der Waals surface area contributed by atoms with Crippen LogP contribution in [0.5, 0.6) is 11.5 Å². The molecule has 1 unspecified atom stereocenters. The van der Waals surface area contributed by atoms with Crippen LogP contribution < -0.4 is 10.1 Å². The smallest absolute Gasteiger partial charge is 0.251 e. The lowest BCUT2D eigenvalue weighted by atomic mass is 9.96. The Morgan fingerprint density at radius 2 is 1.65 bits per heavy atom. The number of phenolic OH excluding ortho intramolecular Hbond substituents is 1. The molecule has 0 radical (unpaired) electrons. The third-order valence-electron chi connectivity index (χ3n) is 5.76. The highest BCUT2D eigenvalue weighted by molar-refractivity contribution is 5.94. The van der Waals surface area contributed by atoms with Crippen molar-refractivity contribution in [3.63, 3.8) is 0 Å². The molecule has 4 heteroatoms. The zero-order chi connectivity index (χ0) is 22.5. The zero-order valence-electron chi connectivity index (χ0n) is 19.0. The zero-order valence-corrected chi connectivity index (χ0v) is 19.0. The van der Waals surface area contributed by atoms with Gasteiger partial charge in [0.05, 0.1) is 0 Å². The molecule has 0 heterocycles. The Bertz CT molecular complexity index is 1070. The molecule has 0 aliphatic rings. The fraction of sp³-hybridized carbons (Fsp3) is 0.296. The number of aryl methyl sites for hydroxylation is 3. The molecule has 3 aromatic rings. The summed E-state index contributed by atoms with van der Waals surface area (Å²) in [6.07, 6.45) is 0.627. The summed E-state index contributed by atoms with van der Waals surface area (Å²) < 4.78 is 6.02.